The molecule has 1 heterocycles. The van der Waals surface area contributed by atoms with Crippen molar-refractivity contribution < 1.29 is 13.2 Å². The number of pyridine rings is 1. The van der Waals surface area contributed by atoms with Gasteiger partial charge in [0.2, 0.25) is 0 Å². The molecule has 1 aromatic heterocycles. The van der Waals surface area contributed by atoms with Crippen LogP contribution in [0.3, 0.4) is 0 Å². The Bertz CT molecular complexity index is 601. The summed E-state index contributed by atoms with van der Waals surface area (Å²) in [5.74, 6) is 5.47. The fraction of sp³-hybridized carbons (Fsp3) is 0.154. The lowest BCUT2D eigenvalue weighted by Gasteiger charge is -2.18. The molecule has 1 unspecified atom stereocenters. The molecule has 2 rings (SSSR count). The van der Waals surface area contributed by atoms with Crippen molar-refractivity contribution >= 4 is 15.9 Å². The standard InChI is InChI=1S/C13H11BrF3N3/c14-11-5-9(6-19-7-11)12(20-18)8-2-1-3-10(4-8)13(15,16)17/h1-7,12,20H,18H2. The van der Waals surface area contributed by atoms with Gasteiger partial charge in [0.05, 0.1) is 11.6 Å². The van der Waals surface area contributed by atoms with E-state index in [0.29, 0.717) is 11.1 Å². The van der Waals surface area contributed by atoms with Gasteiger partial charge in [0.15, 0.2) is 0 Å². The highest BCUT2D eigenvalue weighted by atomic mass is 79.9. The maximum Gasteiger partial charge on any atom is 0.416 e. The number of hydrogen-bond donors (Lipinski definition) is 2. The summed E-state index contributed by atoms with van der Waals surface area (Å²) in [5, 5.41) is 0. The van der Waals surface area contributed by atoms with Gasteiger partial charge in [0.25, 0.3) is 0 Å². The molecule has 0 aliphatic carbocycles. The molecule has 1 atom stereocenters. The third-order valence-electron chi connectivity index (χ3n) is 2.77. The molecule has 0 saturated carbocycles. The predicted octanol–water partition coefficient (Wildman–Crippen LogP) is 3.42. The summed E-state index contributed by atoms with van der Waals surface area (Å²) in [6.45, 7) is 0. The smallest absolute Gasteiger partial charge is 0.271 e. The summed E-state index contributed by atoms with van der Waals surface area (Å²) in [6, 6.07) is 6.22. The molecule has 0 bridgehead atoms. The van der Waals surface area contributed by atoms with Crippen LogP contribution < -0.4 is 11.3 Å². The molecule has 1 aromatic carbocycles. The minimum absolute atomic E-state index is 0.419. The van der Waals surface area contributed by atoms with Gasteiger partial charge in [-0.15, -0.1) is 0 Å². The third kappa shape index (κ3) is 3.36. The molecular formula is C13H11BrF3N3. The second kappa shape index (κ2) is 5.90. The van der Waals surface area contributed by atoms with Crippen molar-refractivity contribution in [3.8, 4) is 0 Å². The number of benzene rings is 1. The number of hydrazine groups is 1. The van der Waals surface area contributed by atoms with E-state index in [1.165, 1.54) is 6.07 Å². The quantitative estimate of drug-likeness (QED) is 0.662. The molecule has 0 aliphatic rings. The number of nitrogens with zero attached hydrogens (tertiary/aromatic N) is 1. The van der Waals surface area contributed by atoms with Crippen LogP contribution in [0.25, 0.3) is 0 Å². The summed E-state index contributed by atoms with van der Waals surface area (Å²) >= 11 is 3.27. The fourth-order valence-corrected chi connectivity index (χ4v) is 2.25. The molecule has 0 aliphatic heterocycles. The van der Waals surface area contributed by atoms with Crippen LogP contribution in [0.5, 0.6) is 0 Å². The molecule has 0 fully saturated rings. The zero-order valence-electron chi connectivity index (χ0n) is 10.2. The van der Waals surface area contributed by atoms with Gasteiger partial charge < -0.3 is 0 Å². The number of halogens is 4. The Kier molecular flexibility index (Phi) is 4.42. The number of alkyl halides is 3. The second-order valence-electron chi connectivity index (χ2n) is 4.16. The van der Waals surface area contributed by atoms with E-state index in [4.69, 9.17) is 5.84 Å². The first-order chi connectivity index (χ1) is 9.41. The first-order valence-electron chi connectivity index (χ1n) is 5.65. The molecule has 0 amide bonds. The molecule has 7 heteroatoms. The average Bonchev–Trinajstić information content (AvgIpc) is 2.39. The van der Waals surface area contributed by atoms with E-state index in [1.807, 2.05) is 0 Å². The first-order valence-corrected chi connectivity index (χ1v) is 6.45. The van der Waals surface area contributed by atoms with Crippen molar-refractivity contribution in [2.45, 2.75) is 12.2 Å². The van der Waals surface area contributed by atoms with Gasteiger partial charge in [0.1, 0.15) is 0 Å². The van der Waals surface area contributed by atoms with Crippen LogP contribution in [-0.4, -0.2) is 4.98 Å². The van der Waals surface area contributed by atoms with E-state index < -0.39 is 17.8 Å². The van der Waals surface area contributed by atoms with E-state index >= 15 is 0 Å². The minimum Gasteiger partial charge on any atom is -0.271 e. The Morgan fingerprint density at radius 1 is 1.15 bits per heavy atom. The van der Waals surface area contributed by atoms with Crippen LogP contribution in [-0.2, 0) is 6.18 Å². The summed E-state index contributed by atoms with van der Waals surface area (Å²) in [4.78, 5) is 3.99. The van der Waals surface area contributed by atoms with E-state index in [0.717, 1.165) is 16.6 Å². The molecule has 106 valence electrons. The summed E-state index contributed by atoms with van der Waals surface area (Å²) in [5.41, 5.74) is 2.89. The Balaban J connectivity index is 2.42. The van der Waals surface area contributed by atoms with Gasteiger partial charge in [0, 0.05) is 16.9 Å². The van der Waals surface area contributed by atoms with Gasteiger partial charge in [-0.3, -0.25) is 10.8 Å². The third-order valence-corrected chi connectivity index (χ3v) is 3.21. The van der Waals surface area contributed by atoms with Gasteiger partial charge in [-0.05, 0) is 45.3 Å². The van der Waals surface area contributed by atoms with Crippen molar-refractivity contribution in [3.63, 3.8) is 0 Å². The molecule has 0 radical (unpaired) electrons. The van der Waals surface area contributed by atoms with E-state index in [2.05, 4.69) is 26.3 Å². The molecule has 2 aromatic rings. The summed E-state index contributed by atoms with van der Waals surface area (Å²) in [6.07, 6.45) is -1.25. The lowest BCUT2D eigenvalue weighted by molar-refractivity contribution is -0.137. The van der Waals surface area contributed by atoms with E-state index in [9.17, 15) is 13.2 Å². The molecular weight excluding hydrogens is 335 g/mol. The monoisotopic (exact) mass is 345 g/mol. The zero-order chi connectivity index (χ0) is 14.8. The van der Waals surface area contributed by atoms with Crippen LogP contribution in [0.2, 0.25) is 0 Å². The van der Waals surface area contributed by atoms with Crippen LogP contribution in [0, 0.1) is 0 Å². The average molecular weight is 346 g/mol. The van der Waals surface area contributed by atoms with Crippen molar-refractivity contribution in [3.05, 3.63) is 63.9 Å². The lowest BCUT2D eigenvalue weighted by Crippen LogP contribution is -2.29. The topological polar surface area (TPSA) is 50.9 Å². The second-order valence-corrected chi connectivity index (χ2v) is 5.08. The van der Waals surface area contributed by atoms with Gasteiger partial charge in [-0.25, -0.2) is 5.43 Å². The predicted molar refractivity (Wildman–Crippen MR) is 72.5 cm³/mol. The maximum absolute atomic E-state index is 12.7. The first kappa shape index (κ1) is 15.0. The lowest BCUT2D eigenvalue weighted by atomic mass is 9.99. The number of hydrogen-bond acceptors (Lipinski definition) is 3. The molecule has 0 spiro atoms. The summed E-state index contributed by atoms with van der Waals surface area (Å²) < 4.78 is 38.9. The van der Waals surface area contributed by atoms with Gasteiger partial charge >= 0.3 is 6.18 Å². The molecule has 3 N–H and O–H groups in total. The maximum atomic E-state index is 12.7. The van der Waals surface area contributed by atoms with Crippen molar-refractivity contribution in [2.75, 3.05) is 0 Å². The Morgan fingerprint density at radius 2 is 1.90 bits per heavy atom. The van der Waals surface area contributed by atoms with Crippen LogP contribution >= 0.6 is 15.9 Å². The molecule has 3 nitrogen and oxygen atoms in total. The Morgan fingerprint density at radius 3 is 2.50 bits per heavy atom. The highest BCUT2D eigenvalue weighted by Crippen LogP contribution is 2.32. The van der Waals surface area contributed by atoms with Crippen molar-refractivity contribution in [1.29, 1.82) is 0 Å². The number of nitrogens with one attached hydrogen (secondary N) is 1. The van der Waals surface area contributed by atoms with Crippen molar-refractivity contribution in [2.24, 2.45) is 5.84 Å². The molecule has 0 saturated heterocycles. The highest BCUT2D eigenvalue weighted by molar-refractivity contribution is 9.10. The van der Waals surface area contributed by atoms with E-state index in [-0.39, 0.29) is 0 Å². The van der Waals surface area contributed by atoms with Gasteiger partial charge in [-0.1, -0.05) is 12.1 Å². The zero-order valence-corrected chi connectivity index (χ0v) is 11.7. The fourth-order valence-electron chi connectivity index (χ4n) is 1.87. The highest BCUT2D eigenvalue weighted by Gasteiger charge is 2.31. The van der Waals surface area contributed by atoms with Crippen LogP contribution in [0.1, 0.15) is 22.7 Å². The van der Waals surface area contributed by atoms with Gasteiger partial charge in [-0.2, -0.15) is 13.2 Å². The van der Waals surface area contributed by atoms with E-state index in [1.54, 1.807) is 24.5 Å². The largest absolute Gasteiger partial charge is 0.416 e. The normalized spacial score (nSPS) is 13.2. The summed E-state index contributed by atoms with van der Waals surface area (Å²) in [7, 11) is 0. The number of rotatable bonds is 3. The van der Waals surface area contributed by atoms with Crippen LogP contribution in [0.4, 0.5) is 13.2 Å². The van der Waals surface area contributed by atoms with Crippen molar-refractivity contribution in [1.82, 2.24) is 10.4 Å². The van der Waals surface area contributed by atoms with Crippen LogP contribution in [0.15, 0.2) is 47.2 Å². The Labute approximate surface area is 122 Å². The molecule has 20 heavy (non-hydrogen) atoms. The SMILES string of the molecule is NNC(c1cncc(Br)c1)c1cccc(C(F)(F)F)c1. The number of aromatic nitrogens is 1. The number of nitrogens with two attached hydrogens (primary N) is 1. The minimum atomic E-state index is -4.38. The Hall–Kier alpha value is -1.44.